The Kier molecular flexibility index (Phi) is 13.1. The first-order valence-electron chi connectivity index (χ1n) is 17.1. The van der Waals surface area contributed by atoms with Crippen molar-refractivity contribution in [3.05, 3.63) is 95.6 Å². The number of nitrogens with zero attached hydrogens (tertiary/aromatic N) is 1. The fourth-order valence-electron chi connectivity index (χ4n) is 6.77. The molecule has 1 heterocycles. The minimum Gasteiger partial charge on any atom is -0.497 e. The molecule has 0 saturated carbocycles. The highest BCUT2D eigenvalue weighted by molar-refractivity contribution is 5.76. The van der Waals surface area contributed by atoms with Crippen LogP contribution in [0.2, 0.25) is 0 Å². The lowest BCUT2D eigenvalue weighted by Gasteiger charge is -2.43. The number of hydrogen-bond donors (Lipinski definition) is 1. The van der Waals surface area contributed by atoms with Gasteiger partial charge in [-0.2, -0.15) is 0 Å². The second-order valence-electron chi connectivity index (χ2n) is 13.5. The molecule has 1 N–H and O–H groups in total. The first kappa shape index (κ1) is 36.9. The Balaban J connectivity index is 1.54. The third-order valence-electron chi connectivity index (χ3n) is 10.3. The largest absolute Gasteiger partial charge is 0.497 e. The monoisotopic (exact) mass is 659 g/mol. The quantitative estimate of drug-likeness (QED) is 0.0881. The van der Waals surface area contributed by atoms with Gasteiger partial charge in [0.2, 0.25) is 5.91 Å². The van der Waals surface area contributed by atoms with Gasteiger partial charge < -0.3 is 29.0 Å². The second-order valence-corrected chi connectivity index (χ2v) is 13.5. The Morgan fingerprint density at radius 3 is 1.67 bits per heavy atom. The summed E-state index contributed by atoms with van der Waals surface area (Å²) in [6.45, 7) is 5.38. The van der Waals surface area contributed by atoms with E-state index in [0.717, 1.165) is 66.7 Å². The number of aliphatic hydroxyl groups excluding tert-OH is 1. The van der Waals surface area contributed by atoms with E-state index in [1.54, 1.807) is 14.2 Å². The Hall–Kier alpha value is -3.88. The molecule has 0 unspecified atom stereocenters. The average molecular weight is 660 g/mol. The van der Waals surface area contributed by atoms with Crippen LogP contribution < -0.4 is 9.47 Å². The van der Waals surface area contributed by atoms with Gasteiger partial charge in [0.15, 0.2) is 0 Å². The average Bonchev–Trinajstić information content (AvgIpc) is 3.40. The molecule has 8 heteroatoms. The number of hydrogen-bond acceptors (Lipinski definition) is 7. The van der Waals surface area contributed by atoms with E-state index >= 15 is 0 Å². The van der Waals surface area contributed by atoms with E-state index in [1.807, 2.05) is 71.6 Å². The zero-order valence-corrected chi connectivity index (χ0v) is 29.3. The maximum Gasteiger partial charge on any atom is 0.305 e. The molecular formula is C40H53NO7. The number of unbranched alkanes of at least 4 members (excludes halogenated alkanes) is 5. The first-order valence-corrected chi connectivity index (χ1v) is 17.1. The van der Waals surface area contributed by atoms with Gasteiger partial charge >= 0.3 is 5.97 Å². The van der Waals surface area contributed by atoms with Gasteiger partial charge in [0.1, 0.15) is 17.1 Å². The number of rotatable bonds is 18. The highest BCUT2D eigenvalue weighted by Crippen LogP contribution is 2.49. The summed E-state index contributed by atoms with van der Waals surface area (Å²) in [4.78, 5) is 26.7. The summed E-state index contributed by atoms with van der Waals surface area (Å²) < 4.78 is 22.9. The van der Waals surface area contributed by atoms with E-state index in [9.17, 15) is 14.7 Å². The highest BCUT2D eigenvalue weighted by Gasteiger charge is 2.54. The highest BCUT2D eigenvalue weighted by atomic mass is 16.5. The molecule has 3 aromatic rings. The number of carbonyl (C=O) groups is 2. The van der Waals surface area contributed by atoms with Crippen LogP contribution in [-0.4, -0.2) is 69.5 Å². The van der Waals surface area contributed by atoms with Crippen molar-refractivity contribution in [2.45, 2.75) is 70.8 Å². The third kappa shape index (κ3) is 8.39. The smallest absolute Gasteiger partial charge is 0.305 e. The lowest BCUT2D eigenvalue weighted by Crippen LogP contribution is -2.46. The Morgan fingerprint density at radius 1 is 0.688 bits per heavy atom. The molecule has 260 valence electrons. The molecule has 1 aliphatic rings. The van der Waals surface area contributed by atoms with Crippen molar-refractivity contribution in [1.82, 2.24) is 4.90 Å². The van der Waals surface area contributed by atoms with Crippen LogP contribution >= 0.6 is 0 Å². The van der Waals surface area contributed by atoms with E-state index in [2.05, 4.69) is 26.0 Å². The summed E-state index contributed by atoms with van der Waals surface area (Å²) in [6, 6.07) is 26.1. The van der Waals surface area contributed by atoms with Crippen molar-refractivity contribution in [2.24, 2.45) is 10.8 Å². The molecule has 0 radical (unpaired) electrons. The molecular weight excluding hydrogens is 606 g/mol. The van der Waals surface area contributed by atoms with Crippen LogP contribution in [-0.2, 0) is 24.7 Å². The van der Waals surface area contributed by atoms with Crippen molar-refractivity contribution in [3.63, 3.8) is 0 Å². The Labute approximate surface area is 286 Å². The fraction of sp³-hybridized carbons (Fsp3) is 0.500. The normalized spacial score (nSPS) is 19.2. The lowest BCUT2D eigenvalue weighted by atomic mass is 9.68. The van der Waals surface area contributed by atoms with Gasteiger partial charge in [0.25, 0.3) is 0 Å². The SMILES string of the molecule is COC(=O)CCCCCCCCC(=O)N1C[C@](C)(CO)[C@](C)(COC(c2ccccc2)(c2ccc(OC)cc2)c2ccc(OC)cc2)C1. The van der Waals surface area contributed by atoms with Crippen LogP contribution in [0.5, 0.6) is 11.5 Å². The van der Waals surface area contributed by atoms with Crippen LogP contribution in [0.4, 0.5) is 0 Å². The summed E-state index contributed by atoms with van der Waals surface area (Å²) in [6.07, 6.45) is 6.63. The molecule has 2 atom stereocenters. The first-order chi connectivity index (χ1) is 23.1. The Morgan fingerprint density at radius 2 is 1.17 bits per heavy atom. The van der Waals surface area contributed by atoms with E-state index in [1.165, 1.54) is 7.11 Å². The lowest BCUT2D eigenvalue weighted by molar-refractivity contribution is -0.140. The Bertz CT molecular complexity index is 1400. The molecule has 48 heavy (non-hydrogen) atoms. The second kappa shape index (κ2) is 17.0. The van der Waals surface area contributed by atoms with Crippen LogP contribution in [0.1, 0.15) is 81.9 Å². The summed E-state index contributed by atoms with van der Waals surface area (Å²) in [5.41, 5.74) is 0.745. The summed E-state index contributed by atoms with van der Waals surface area (Å²) in [5, 5.41) is 10.8. The van der Waals surface area contributed by atoms with Crippen molar-refractivity contribution < 1.29 is 33.6 Å². The number of likely N-dealkylation sites (tertiary alicyclic amines) is 1. The number of benzene rings is 3. The predicted octanol–water partition coefficient (Wildman–Crippen LogP) is 7.15. The van der Waals surface area contributed by atoms with Crippen LogP contribution in [0.3, 0.4) is 0 Å². The molecule has 0 aliphatic carbocycles. The topological polar surface area (TPSA) is 94.5 Å². The van der Waals surface area contributed by atoms with Crippen molar-refractivity contribution >= 4 is 11.9 Å². The van der Waals surface area contributed by atoms with E-state index in [-0.39, 0.29) is 18.5 Å². The molecule has 1 saturated heterocycles. The number of aliphatic hydroxyl groups is 1. The molecule has 0 bridgehead atoms. The van der Waals surface area contributed by atoms with Crippen LogP contribution in [0.15, 0.2) is 78.9 Å². The minimum atomic E-state index is -0.993. The molecule has 0 aromatic heterocycles. The zero-order chi connectivity index (χ0) is 34.6. The fourth-order valence-corrected chi connectivity index (χ4v) is 6.77. The van der Waals surface area contributed by atoms with Gasteiger partial charge in [-0.3, -0.25) is 9.59 Å². The van der Waals surface area contributed by atoms with Gasteiger partial charge in [-0.05, 0) is 53.8 Å². The summed E-state index contributed by atoms with van der Waals surface area (Å²) >= 11 is 0. The van der Waals surface area contributed by atoms with E-state index < -0.39 is 16.4 Å². The van der Waals surface area contributed by atoms with Gasteiger partial charge in [0, 0.05) is 36.8 Å². The van der Waals surface area contributed by atoms with Crippen molar-refractivity contribution in [1.29, 1.82) is 0 Å². The maximum atomic E-state index is 13.5. The van der Waals surface area contributed by atoms with Crippen LogP contribution in [0, 0.1) is 10.8 Å². The van der Waals surface area contributed by atoms with Crippen molar-refractivity contribution in [3.8, 4) is 11.5 Å². The molecule has 1 amide bonds. The number of carbonyl (C=O) groups excluding carboxylic acids is 2. The maximum absolute atomic E-state index is 13.5. The molecule has 0 spiro atoms. The van der Waals surface area contributed by atoms with Gasteiger partial charge in [-0.25, -0.2) is 0 Å². The number of methoxy groups -OCH3 is 3. The molecule has 4 rings (SSSR count). The number of esters is 1. The van der Waals surface area contributed by atoms with E-state index in [0.29, 0.717) is 32.5 Å². The minimum absolute atomic E-state index is 0.0639. The molecule has 8 nitrogen and oxygen atoms in total. The molecule has 1 aliphatic heterocycles. The van der Waals surface area contributed by atoms with Gasteiger partial charge in [-0.15, -0.1) is 0 Å². The molecule has 1 fully saturated rings. The number of amides is 1. The predicted molar refractivity (Wildman–Crippen MR) is 187 cm³/mol. The van der Waals surface area contributed by atoms with Gasteiger partial charge in [-0.1, -0.05) is 94.1 Å². The standard InChI is InChI=1S/C40H53NO7/c1-38(29-42)27-41(36(43)17-13-8-6-7-9-14-18-37(44)47-5)28-39(38,2)30-48-40(31-15-11-10-12-16-31,32-19-23-34(45-3)24-20-32)33-21-25-35(46-4)26-22-33/h10-12,15-16,19-26,42H,6-9,13-14,17-18,27-30H2,1-5H3/t38-,39+/m1/s1. The molecule has 3 aromatic carbocycles. The summed E-state index contributed by atoms with van der Waals surface area (Å²) in [5.74, 6) is 1.45. The number of ether oxygens (including phenoxy) is 4. The van der Waals surface area contributed by atoms with Crippen molar-refractivity contribution in [2.75, 3.05) is 47.6 Å². The van der Waals surface area contributed by atoms with Crippen LogP contribution in [0.25, 0.3) is 0 Å². The zero-order valence-electron chi connectivity index (χ0n) is 29.3. The summed E-state index contributed by atoms with van der Waals surface area (Å²) in [7, 11) is 4.72. The third-order valence-corrected chi connectivity index (χ3v) is 10.3. The van der Waals surface area contributed by atoms with Gasteiger partial charge in [0.05, 0.1) is 34.5 Å². The van der Waals surface area contributed by atoms with E-state index in [4.69, 9.17) is 18.9 Å².